The van der Waals surface area contributed by atoms with Crippen LogP contribution in [0.2, 0.25) is 0 Å². The van der Waals surface area contributed by atoms with Crippen LogP contribution in [0.5, 0.6) is 0 Å². The Balaban J connectivity index is 0.000000187. The van der Waals surface area contributed by atoms with Crippen LogP contribution in [0, 0.1) is 11.2 Å². The lowest BCUT2D eigenvalue weighted by Gasteiger charge is -1.70. The molecule has 44 valence electrons. The molecule has 0 unspecified atom stereocenters. The fraction of sp³-hybridized carbons (Fsp3) is 0. The molecule has 0 radical (unpaired) electrons. The summed E-state index contributed by atoms with van der Waals surface area (Å²) in [6.45, 7) is 0. The summed E-state index contributed by atoms with van der Waals surface area (Å²) in [5.41, 5.74) is 0. The highest BCUT2D eigenvalue weighted by Crippen LogP contribution is 1.73. The minimum Gasteiger partial charge on any atom is -0.265 e. The molecule has 0 saturated carbocycles. The highest BCUT2D eigenvalue weighted by atomic mass is 14.6. The predicted molar refractivity (Wildman–Crippen MR) is 38.4 cm³/mol. The van der Waals surface area contributed by atoms with Crippen molar-refractivity contribution in [1.29, 1.82) is 5.26 Å². The lowest BCUT2D eigenvalue weighted by Crippen LogP contribution is -1.58. The first kappa shape index (κ1) is 7.70. The first-order valence-corrected chi connectivity index (χ1v) is 2.57. The quantitative estimate of drug-likeness (QED) is 0.455. The summed E-state index contributed by atoms with van der Waals surface area (Å²) in [5, 5.41) is 7.32. The lowest BCUT2D eigenvalue weighted by molar-refractivity contribution is 1.33. The van der Waals surface area contributed by atoms with E-state index in [1.54, 1.807) is 18.4 Å². The Labute approximate surface area is 55.6 Å². The first-order valence-electron chi connectivity index (χ1n) is 2.57. The van der Waals surface area contributed by atoms with Gasteiger partial charge >= 0.3 is 0 Å². The van der Waals surface area contributed by atoms with E-state index >= 15 is 0 Å². The van der Waals surface area contributed by atoms with Crippen molar-refractivity contribution in [2.24, 2.45) is 0 Å². The molecule has 0 bridgehead atoms. The minimum absolute atomic E-state index is 1.43. The van der Waals surface area contributed by atoms with Crippen LogP contribution in [0.1, 0.15) is 0 Å². The summed E-state index contributed by atoms with van der Waals surface area (Å²) in [4.78, 5) is 3.78. The van der Waals surface area contributed by atoms with Gasteiger partial charge in [-0.05, 0) is 18.1 Å². The van der Waals surface area contributed by atoms with E-state index in [9.17, 15) is 0 Å². The minimum atomic E-state index is 1.43. The highest BCUT2D eigenvalue weighted by molar-refractivity contribution is 6.20. The van der Waals surface area contributed by atoms with Gasteiger partial charge in [0.25, 0.3) is 0 Å². The van der Waals surface area contributed by atoms with Gasteiger partial charge in [-0.15, -0.1) is 0 Å². The van der Waals surface area contributed by atoms with Gasteiger partial charge in [0.2, 0.25) is 7.85 Å². The van der Waals surface area contributed by atoms with Crippen LogP contribution in [0.3, 0.4) is 0 Å². The van der Waals surface area contributed by atoms with Crippen LogP contribution < -0.4 is 0 Å². The molecule has 1 aromatic rings. The number of nitriles is 1. The smallest absolute Gasteiger partial charge is 0.232 e. The summed E-state index contributed by atoms with van der Waals surface area (Å²) in [5.74, 6) is 1.75. The number of nitrogens with zero attached hydrogens (tertiary/aromatic N) is 2. The van der Waals surface area contributed by atoms with Crippen molar-refractivity contribution in [1.82, 2.24) is 4.98 Å². The lowest BCUT2D eigenvalue weighted by atomic mass is 10.2. The average molecular weight is 118 g/mol. The molecule has 2 nitrogen and oxygen atoms in total. The van der Waals surface area contributed by atoms with E-state index in [0.29, 0.717) is 0 Å². The van der Waals surface area contributed by atoms with Gasteiger partial charge in [-0.1, -0.05) is 6.07 Å². The molecule has 0 aliphatic rings. The number of aromatic nitrogens is 1. The maximum absolute atomic E-state index is 7.32. The average Bonchev–Trinajstić information content (AvgIpc) is 1.93. The van der Waals surface area contributed by atoms with Crippen LogP contribution in [-0.2, 0) is 0 Å². The van der Waals surface area contributed by atoms with E-state index in [0.717, 1.165) is 0 Å². The number of hydrogen-bond donors (Lipinski definition) is 0. The highest BCUT2D eigenvalue weighted by Gasteiger charge is 1.58. The fourth-order valence-electron chi connectivity index (χ4n) is 0.313. The van der Waals surface area contributed by atoms with Crippen molar-refractivity contribution in [2.75, 3.05) is 0 Å². The standard InChI is InChI=1S/C5H5N.CH2BN/c1-2-4-6-5-3-1;2-1-3/h1-5H;2H2. The second kappa shape index (κ2) is 6.70. The second-order valence-corrected chi connectivity index (χ2v) is 1.25. The Morgan fingerprint density at radius 2 is 1.67 bits per heavy atom. The normalized spacial score (nSPS) is 6.11. The topological polar surface area (TPSA) is 36.7 Å². The van der Waals surface area contributed by atoms with E-state index in [1.807, 2.05) is 18.2 Å². The molecule has 3 heteroatoms. The van der Waals surface area contributed by atoms with Crippen molar-refractivity contribution < 1.29 is 0 Å². The monoisotopic (exact) mass is 118 g/mol. The van der Waals surface area contributed by atoms with Crippen LogP contribution in [0.25, 0.3) is 0 Å². The summed E-state index contributed by atoms with van der Waals surface area (Å²) >= 11 is 0. The van der Waals surface area contributed by atoms with Crippen molar-refractivity contribution in [2.45, 2.75) is 0 Å². The van der Waals surface area contributed by atoms with Gasteiger partial charge in [0.1, 0.15) is 0 Å². The fourth-order valence-corrected chi connectivity index (χ4v) is 0.313. The molecule has 0 N–H and O–H groups in total. The van der Waals surface area contributed by atoms with Gasteiger partial charge in [0.05, 0.1) is 0 Å². The van der Waals surface area contributed by atoms with Crippen molar-refractivity contribution in [3.63, 3.8) is 0 Å². The largest absolute Gasteiger partial charge is 0.265 e. The Morgan fingerprint density at radius 3 is 1.78 bits per heavy atom. The molecule has 0 fully saturated rings. The maximum Gasteiger partial charge on any atom is 0.232 e. The summed E-state index contributed by atoms with van der Waals surface area (Å²) < 4.78 is 0. The van der Waals surface area contributed by atoms with Gasteiger partial charge in [-0.25, -0.2) is 5.26 Å². The van der Waals surface area contributed by atoms with Crippen LogP contribution in [0.4, 0.5) is 0 Å². The van der Waals surface area contributed by atoms with Crippen LogP contribution in [-0.4, -0.2) is 12.8 Å². The van der Waals surface area contributed by atoms with Gasteiger partial charge in [-0.3, -0.25) is 4.98 Å². The SMILES string of the molecule is BC#N.c1ccncc1. The van der Waals surface area contributed by atoms with E-state index < -0.39 is 0 Å². The first-order chi connectivity index (χ1) is 4.41. The Morgan fingerprint density at radius 1 is 1.22 bits per heavy atom. The number of hydrogen-bond acceptors (Lipinski definition) is 2. The molecule has 0 aliphatic carbocycles. The molecule has 1 rings (SSSR count). The molecule has 0 spiro atoms. The zero-order valence-corrected chi connectivity index (χ0v) is 5.28. The van der Waals surface area contributed by atoms with Crippen molar-refractivity contribution in [3.05, 3.63) is 30.6 Å². The molecule has 1 heterocycles. The van der Waals surface area contributed by atoms with Crippen molar-refractivity contribution >= 4 is 7.85 Å². The van der Waals surface area contributed by atoms with Crippen LogP contribution in [0.15, 0.2) is 30.6 Å². The maximum atomic E-state index is 7.32. The Hall–Kier alpha value is -1.30. The Kier molecular flexibility index (Phi) is 5.74. The molecular formula is C6H7BN2. The zero-order chi connectivity index (χ0) is 6.95. The van der Waals surface area contributed by atoms with Gasteiger partial charge in [0.15, 0.2) is 0 Å². The number of rotatable bonds is 0. The third-order valence-electron chi connectivity index (χ3n) is 0.566. The van der Waals surface area contributed by atoms with Gasteiger partial charge < -0.3 is 0 Å². The molecule has 0 amide bonds. The van der Waals surface area contributed by atoms with E-state index in [1.165, 1.54) is 7.85 Å². The molecule has 1 aromatic heterocycles. The summed E-state index contributed by atoms with van der Waals surface area (Å²) in [7, 11) is 1.43. The number of pyridine rings is 1. The van der Waals surface area contributed by atoms with Crippen LogP contribution >= 0.6 is 0 Å². The molecule has 0 saturated heterocycles. The third kappa shape index (κ3) is 6.70. The molecule has 0 aliphatic heterocycles. The Bertz CT molecular complexity index is 141. The second-order valence-electron chi connectivity index (χ2n) is 1.25. The molecular weight excluding hydrogens is 111 g/mol. The van der Waals surface area contributed by atoms with Gasteiger partial charge in [0, 0.05) is 12.4 Å². The molecule has 0 atom stereocenters. The summed E-state index contributed by atoms with van der Waals surface area (Å²) in [6.07, 6.45) is 3.50. The predicted octanol–water partition coefficient (Wildman–Crippen LogP) is 0.182. The third-order valence-corrected chi connectivity index (χ3v) is 0.566. The molecule has 9 heavy (non-hydrogen) atoms. The van der Waals surface area contributed by atoms with Crippen molar-refractivity contribution in [3.8, 4) is 5.97 Å². The van der Waals surface area contributed by atoms with E-state index in [-0.39, 0.29) is 0 Å². The molecule has 0 aromatic carbocycles. The summed E-state index contributed by atoms with van der Waals surface area (Å²) in [6, 6.07) is 5.72. The van der Waals surface area contributed by atoms with E-state index in [2.05, 4.69) is 4.98 Å². The zero-order valence-electron chi connectivity index (χ0n) is 5.28. The van der Waals surface area contributed by atoms with E-state index in [4.69, 9.17) is 5.26 Å². The van der Waals surface area contributed by atoms with Gasteiger partial charge in [-0.2, -0.15) is 0 Å².